The number of imidazole rings is 1. The zero-order valence-corrected chi connectivity index (χ0v) is 17.0. The van der Waals surface area contributed by atoms with Gasteiger partial charge in [-0.15, -0.1) is 0 Å². The number of hydrogen-bond donors (Lipinski definition) is 0. The first-order valence-electron chi connectivity index (χ1n) is 9.70. The van der Waals surface area contributed by atoms with E-state index >= 15 is 0 Å². The van der Waals surface area contributed by atoms with Crippen molar-refractivity contribution in [1.82, 2.24) is 14.5 Å². The number of Topliss-reactive ketones (excluding diaryl/α,β-unsaturated/α-hetero) is 1. The lowest BCUT2D eigenvalue weighted by Gasteiger charge is -2.11. The van der Waals surface area contributed by atoms with Crippen molar-refractivity contribution < 1.29 is 9.18 Å². The molecule has 0 atom stereocenters. The summed E-state index contributed by atoms with van der Waals surface area (Å²) < 4.78 is 15.1. The fraction of sp³-hybridized carbons (Fsp3) is 0.409. The Kier molecular flexibility index (Phi) is 6.79. The van der Waals surface area contributed by atoms with Crippen LogP contribution in [0.2, 0.25) is 5.15 Å². The number of fused-ring (bicyclic) bond motifs is 1. The van der Waals surface area contributed by atoms with Crippen LogP contribution in [0, 0.1) is 11.7 Å². The zero-order valence-electron chi connectivity index (χ0n) is 16.3. The lowest BCUT2D eigenvalue weighted by atomic mass is 10.0. The minimum Gasteiger partial charge on any atom is -0.312 e. The Hall–Kier alpha value is -2.27. The highest BCUT2D eigenvalue weighted by molar-refractivity contribution is 6.29. The van der Waals surface area contributed by atoms with Crippen LogP contribution in [0.15, 0.2) is 36.4 Å². The normalized spacial score (nSPS) is 11.5. The quantitative estimate of drug-likeness (QED) is 0.356. The number of rotatable bonds is 9. The van der Waals surface area contributed by atoms with Gasteiger partial charge in [0.2, 0.25) is 0 Å². The highest BCUT2D eigenvalue weighted by Crippen LogP contribution is 2.20. The maximum Gasteiger partial charge on any atom is 0.161 e. The average Bonchev–Trinajstić information content (AvgIpc) is 2.97. The van der Waals surface area contributed by atoms with E-state index in [-0.39, 0.29) is 11.6 Å². The Balaban J connectivity index is 1.57. The van der Waals surface area contributed by atoms with Crippen molar-refractivity contribution in [3.05, 3.63) is 58.8 Å². The summed E-state index contributed by atoms with van der Waals surface area (Å²) >= 11 is 6.06. The summed E-state index contributed by atoms with van der Waals surface area (Å²) in [4.78, 5) is 21.3. The van der Waals surface area contributed by atoms with Gasteiger partial charge in [-0.2, -0.15) is 0 Å². The SMILES string of the molecule is CC(C)Cn1c(CCCCC(=O)Cc2ccc(F)cc2)nc2ccc(Cl)nc21. The van der Waals surface area contributed by atoms with Crippen LogP contribution in [0.1, 0.15) is 44.5 Å². The van der Waals surface area contributed by atoms with Crippen molar-refractivity contribution in [2.75, 3.05) is 0 Å². The van der Waals surface area contributed by atoms with E-state index in [1.54, 1.807) is 18.2 Å². The molecule has 0 spiro atoms. The highest BCUT2D eigenvalue weighted by atomic mass is 35.5. The van der Waals surface area contributed by atoms with Gasteiger partial charge in [0.1, 0.15) is 28.1 Å². The molecule has 3 rings (SSSR count). The van der Waals surface area contributed by atoms with Gasteiger partial charge in [-0.25, -0.2) is 14.4 Å². The van der Waals surface area contributed by atoms with Gasteiger partial charge >= 0.3 is 0 Å². The van der Waals surface area contributed by atoms with Crippen molar-refractivity contribution in [1.29, 1.82) is 0 Å². The number of unbranched alkanes of at least 4 members (excludes halogenated alkanes) is 1. The van der Waals surface area contributed by atoms with Crippen LogP contribution in [0.25, 0.3) is 11.2 Å². The molecular weight excluding hydrogens is 377 g/mol. The summed E-state index contributed by atoms with van der Waals surface area (Å²) in [7, 11) is 0. The molecule has 6 heteroatoms. The number of nitrogens with zero attached hydrogens (tertiary/aromatic N) is 3. The molecule has 0 fully saturated rings. The number of ketones is 1. The Morgan fingerprint density at radius 3 is 2.57 bits per heavy atom. The van der Waals surface area contributed by atoms with Crippen LogP contribution in [-0.4, -0.2) is 20.3 Å². The molecule has 0 radical (unpaired) electrons. The smallest absolute Gasteiger partial charge is 0.161 e. The average molecular weight is 402 g/mol. The molecule has 0 bridgehead atoms. The molecule has 2 heterocycles. The number of aromatic nitrogens is 3. The first-order valence-corrected chi connectivity index (χ1v) is 10.1. The molecule has 2 aromatic heterocycles. The molecule has 0 aliphatic heterocycles. The minimum atomic E-state index is -0.281. The third-order valence-electron chi connectivity index (χ3n) is 4.61. The molecule has 1 aromatic carbocycles. The predicted molar refractivity (Wildman–Crippen MR) is 110 cm³/mol. The monoisotopic (exact) mass is 401 g/mol. The van der Waals surface area contributed by atoms with E-state index in [9.17, 15) is 9.18 Å². The maximum absolute atomic E-state index is 12.9. The van der Waals surface area contributed by atoms with Gasteiger partial charge in [-0.3, -0.25) is 4.79 Å². The predicted octanol–water partition coefficient (Wildman–Crippen LogP) is 5.40. The molecule has 0 N–H and O–H groups in total. The Morgan fingerprint density at radius 2 is 1.86 bits per heavy atom. The van der Waals surface area contributed by atoms with E-state index in [1.165, 1.54) is 12.1 Å². The first kappa shape index (κ1) is 20.5. The number of carbonyl (C=O) groups excluding carboxylic acids is 1. The molecule has 28 heavy (non-hydrogen) atoms. The number of benzene rings is 1. The third-order valence-corrected chi connectivity index (χ3v) is 4.82. The minimum absolute atomic E-state index is 0.177. The maximum atomic E-state index is 12.9. The van der Waals surface area contributed by atoms with Crippen LogP contribution in [0.3, 0.4) is 0 Å². The second-order valence-electron chi connectivity index (χ2n) is 7.56. The van der Waals surface area contributed by atoms with E-state index in [2.05, 4.69) is 23.4 Å². The van der Waals surface area contributed by atoms with Crippen LogP contribution in [0.4, 0.5) is 4.39 Å². The Bertz CT molecular complexity index is 950. The van der Waals surface area contributed by atoms with E-state index in [4.69, 9.17) is 16.6 Å². The van der Waals surface area contributed by atoms with E-state index in [0.29, 0.717) is 23.9 Å². The van der Waals surface area contributed by atoms with Gasteiger partial charge < -0.3 is 4.57 Å². The summed E-state index contributed by atoms with van der Waals surface area (Å²) in [6.07, 6.45) is 3.36. The zero-order chi connectivity index (χ0) is 20.1. The fourth-order valence-corrected chi connectivity index (χ4v) is 3.44. The summed E-state index contributed by atoms with van der Waals surface area (Å²) in [5.41, 5.74) is 2.53. The molecule has 148 valence electrons. The molecule has 0 saturated heterocycles. The molecule has 0 aliphatic carbocycles. The molecular formula is C22H25ClFN3O. The topological polar surface area (TPSA) is 47.8 Å². The van der Waals surface area contributed by atoms with Gasteiger partial charge in [-0.05, 0) is 48.6 Å². The van der Waals surface area contributed by atoms with Gasteiger partial charge in [0.05, 0.1) is 0 Å². The molecule has 0 unspecified atom stereocenters. The largest absolute Gasteiger partial charge is 0.312 e. The Morgan fingerprint density at radius 1 is 1.11 bits per heavy atom. The third kappa shape index (κ3) is 5.38. The highest BCUT2D eigenvalue weighted by Gasteiger charge is 2.14. The number of carbonyl (C=O) groups is 1. The lowest BCUT2D eigenvalue weighted by molar-refractivity contribution is -0.118. The van der Waals surface area contributed by atoms with Gasteiger partial charge in [0.15, 0.2) is 5.65 Å². The second-order valence-corrected chi connectivity index (χ2v) is 7.95. The number of hydrogen-bond acceptors (Lipinski definition) is 3. The van der Waals surface area contributed by atoms with Crippen molar-refractivity contribution in [3.63, 3.8) is 0 Å². The molecule has 0 amide bonds. The van der Waals surface area contributed by atoms with Crippen LogP contribution >= 0.6 is 11.6 Å². The van der Waals surface area contributed by atoms with Crippen LogP contribution < -0.4 is 0 Å². The number of halogens is 2. The van der Waals surface area contributed by atoms with E-state index < -0.39 is 0 Å². The summed E-state index contributed by atoms with van der Waals surface area (Å²) in [6, 6.07) is 9.77. The Labute approximate surface area is 169 Å². The summed E-state index contributed by atoms with van der Waals surface area (Å²) in [6.45, 7) is 5.16. The first-order chi connectivity index (χ1) is 13.4. The summed E-state index contributed by atoms with van der Waals surface area (Å²) in [5, 5.41) is 0.468. The molecule has 0 aliphatic rings. The van der Waals surface area contributed by atoms with Crippen molar-refractivity contribution in [3.8, 4) is 0 Å². The summed E-state index contributed by atoms with van der Waals surface area (Å²) in [5.74, 6) is 1.35. The van der Waals surface area contributed by atoms with Gasteiger partial charge in [0, 0.05) is 25.8 Å². The molecule has 4 nitrogen and oxygen atoms in total. The van der Waals surface area contributed by atoms with Crippen molar-refractivity contribution in [2.24, 2.45) is 5.92 Å². The number of pyridine rings is 1. The van der Waals surface area contributed by atoms with E-state index in [1.807, 2.05) is 6.07 Å². The lowest BCUT2D eigenvalue weighted by Crippen LogP contribution is -2.10. The molecule has 3 aromatic rings. The van der Waals surface area contributed by atoms with Crippen LogP contribution in [-0.2, 0) is 24.2 Å². The van der Waals surface area contributed by atoms with Crippen molar-refractivity contribution >= 4 is 28.5 Å². The van der Waals surface area contributed by atoms with Gasteiger partial charge in [-0.1, -0.05) is 37.6 Å². The number of aryl methyl sites for hydroxylation is 1. The van der Waals surface area contributed by atoms with E-state index in [0.717, 1.165) is 48.4 Å². The van der Waals surface area contributed by atoms with Crippen LogP contribution in [0.5, 0.6) is 0 Å². The standard InChI is InChI=1S/C22H25ClFN3O/c1-15(2)14-27-21(25-19-11-12-20(23)26-22(19)27)6-4-3-5-18(28)13-16-7-9-17(24)10-8-16/h7-12,15H,3-6,13-14H2,1-2H3. The van der Waals surface area contributed by atoms with Crippen molar-refractivity contribution in [2.45, 2.75) is 52.5 Å². The molecule has 0 saturated carbocycles. The van der Waals surface area contributed by atoms with Gasteiger partial charge in [0.25, 0.3) is 0 Å². The fourth-order valence-electron chi connectivity index (χ4n) is 3.30. The second kappa shape index (κ2) is 9.28.